The van der Waals surface area contributed by atoms with Crippen LogP contribution in [0.2, 0.25) is 0 Å². The SMILES string of the molecule is O=C(CN(c1ccc(F)cc1)S(=O)(=O)c1ccc(F)cc1)NCCCn1ccnc1. The lowest BCUT2D eigenvalue weighted by Gasteiger charge is -2.24. The molecule has 1 amide bonds. The number of nitrogens with one attached hydrogen (secondary N) is 1. The van der Waals surface area contributed by atoms with E-state index in [4.69, 9.17) is 0 Å². The number of sulfonamides is 1. The number of rotatable bonds is 9. The summed E-state index contributed by atoms with van der Waals surface area (Å²) in [6.07, 6.45) is 5.74. The minimum Gasteiger partial charge on any atom is -0.354 e. The number of benzene rings is 2. The van der Waals surface area contributed by atoms with Gasteiger partial charge in [-0.1, -0.05) is 0 Å². The van der Waals surface area contributed by atoms with Gasteiger partial charge in [-0.3, -0.25) is 9.10 Å². The Morgan fingerprint density at radius 3 is 2.27 bits per heavy atom. The van der Waals surface area contributed by atoms with Gasteiger partial charge in [-0.05, 0) is 55.0 Å². The summed E-state index contributed by atoms with van der Waals surface area (Å²) in [5, 5.41) is 2.68. The summed E-state index contributed by atoms with van der Waals surface area (Å²) >= 11 is 0. The van der Waals surface area contributed by atoms with E-state index in [1.807, 2.05) is 4.57 Å². The molecular formula is C20H20F2N4O3S. The third-order valence-electron chi connectivity index (χ3n) is 4.28. The lowest BCUT2D eigenvalue weighted by molar-refractivity contribution is -0.119. The molecule has 0 bridgehead atoms. The predicted molar refractivity (Wildman–Crippen MR) is 107 cm³/mol. The third kappa shape index (κ3) is 5.41. The van der Waals surface area contributed by atoms with Gasteiger partial charge in [0, 0.05) is 25.5 Å². The summed E-state index contributed by atoms with van der Waals surface area (Å²) in [6.45, 7) is 0.483. The van der Waals surface area contributed by atoms with E-state index in [1.165, 1.54) is 12.1 Å². The average Bonchev–Trinajstić information content (AvgIpc) is 3.24. The molecule has 0 saturated carbocycles. The second kappa shape index (κ2) is 9.49. The fraction of sp³-hybridized carbons (Fsp3) is 0.200. The van der Waals surface area contributed by atoms with Crippen LogP contribution in [0.25, 0.3) is 0 Å². The van der Waals surface area contributed by atoms with Gasteiger partial charge in [0.05, 0.1) is 16.9 Å². The average molecular weight is 434 g/mol. The van der Waals surface area contributed by atoms with Crippen LogP contribution in [-0.2, 0) is 21.4 Å². The zero-order valence-corrected chi connectivity index (χ0v) is 16.7. The molecule has 0 fully saturated rings. The largest absolute Gasteiger partial charge is 0.354 e. The number of carbonyl (C=O) groups is 1. The van der Waals surface area contributed by atoms with Gasteiger partial charge in [0.1, 0.15) is 18.2 Å². The van der Waals surface area contributed by atoms with Gasteiger partial charge in [0.15, 0.2) is 0 Å². The first-order valence-electron chi connectivity index (χ1n) is 9.12. The van der Waals surface area contributed by atoms with Crippen LogP contribution in [0.15, 0.2) is 72.1 Å². The van der Waals surface area contributed by atoms with E-state index in [0.717, 1.165) is 40.7 Å². The smallest absolute Gasteiger partial charge is 0.264 e. The summed E-state index contributed by atoms with van der Waals surface area (Å²) in [5.74, 6) is -1.64. The Morgan fingerprint density at radius 1 is 1.03 bits per heavy atom. The Bertz CT molecular complexity index is 1070. The molecule has 0 spiro atoms. The van der Waals surface area contributed by atoms with Crippen LogP contribution < -0.4 is 9.62 Å². The van der Waals surface area contributed by atoms with Crippen LogP contribution in [0, 0.1) is 11.6 Å². The number of aromatic nitrogens is 2. The number of anilines is 1. The highest BCUT2D eigenvalue weighted by Crippen LogP contribution is 2.24. The van der Waals surface area contributed by atoms with Crippen molar-refractivity contribution in [2.75, 3.05) is 17.4 Å². The Balaban J connectivity index is 1.73. The van der Waals surface area contributed by atoms with Crippen LogP contribution in [0.3, 0.4) is 0 Å². The number of hydrogen-bond donors (Lipinski definition) is 1. The molecule has 10 heteroatoms. The van der Waals surface area contributed by atoms with Crippen molar-refractivity contribution in [3.63, 3.8) is 0 Å². The van der Waals surface area contributed by atoms with Crippen molar-refractivity contribution in [3.8, 4) is 0 Å². The number of hydrogen-bond acceptors (Lipinski definition) is 4. The highest BCUT2D eigenvalue weighted by molar-refractivity contribution is 7.92. The molecular weight excluding hydrogens is 414 g/mol. The Labute approximate surface area is 173 Å². The van der Waals surface area contributed by atoms with Crippen molar-refractivity contribution in [1.82, 2.24) is 14.9 Å². The van der Waals surface area contributed by atoms with E-state index < -0.39 is 34.1 Å². The highest BCUT2D eigenvalue weighted by Gasteiger charge is 2.27. The second-order valence-electron chi connectivity index (χ2n) is 6.45. The number of nitrogens with zero attached hydrogens (tertiary/aromatic N) is 3. The molecule has 3 aromatic rings. The van der Waals surface area contributed by atoms with E-state index in [-0.39, 0.29) is 10.6 Å². The van der Waals surface area contributed by atoms with Crippen LogP contribution in [0.5, 0.6) is 0 Å². The van der Waals surface area contributed by atoms with Gasteiger partial charge in [-0.15, -0.1) is 0 Å². The highest BCUT2D eigenvalue weighted by atomic mass is 32.2. The molecule has 1 heterocycles. The van der Waals surface area contributed by atoms with E-state index >= 15 is 0 Å². The summed E-state index contributed by atoms with van der Waals surface area (Å²) in [5.41, 5.74) is 0.120. The Kier molecular flexibility index (Phi) is 6.78. The maximum Gasteiger partial charge on any atom is 0.264 e. The standard InChI is InChI=1S/C20H20F2N4O3S/c21-16-2-6-18(7-3-16)26(30(28,29)19-8-4-17(22)5-9-19)14-20(27)24-10-1-12-25-13-11-23-15-25/h2-9,11,13,15H,1,10,12,14H2,(H,24,27). The molecule has 0 radical (unpaired) electrons. The van der Waals surface area contributed by atoms with Crippen molar-refractivity contribution < 1.29 is 22.0 Å². The molecule has 30 heavy (non-hydrogen) atoms. The minimum atomic E-state index is -4.17. The first kappa shape index (κ1) is 21.4. The number of amides is 1. The summed E-state index contributed by atoms with van der Waals surface area (Å²) < 4.78 is 55.4. The van der Waals surface area contributed by atoms with Gasteiger partial charge in [-0.25, -0.2) is 22.2 Å². The fourth-order valence-electron chi connectivity index (χ4n) is 2.75. The number of carbonyl (C=O) groups excluding carboxylic acids is 1. The second-order valence-corrected chi connectivity index (χ2v) is 8.31. The third-order valence-corrected chi connectivity index (χ3v) is 6.07. The lowest BCUT2D eigenvalue weighted by atomic mass is 10.3. The van der Waals surface area contributed by atoms with Crippen molar-refractivity contribution in [1.29, 1.82) is 0 Å². The zero-order chi connectivity index (χ0) is 21.6. The van der Waals surface area contributed by atoms with E-state index in [0.29, 0.717) is 19.5 Å². The molecule has 0 unspecified atom stereocenters. The van der Waals surface area contributed by atoms with E-state index in [1.54, 1.807) is 18.7 Å². The number of aryl methyl sites for hydroxylation is 1. The normalized spacial score (nSPS) is 11.3. The molecule has 2 aromatic carbocycles. The van der Waals surface area contributed by atoms with Crippen molar-refractivity contribution >= 4 is 21.6 Å². The molecule has 1 aromatic heterocycles. The molecule has 0 aliphatic heterocycles. The van der Waals surface area contributed by atoms with Gasteiger partial charge in [-0.2, -0.15) is 0 Å². The molecule has 0 saturated heterocycles. The monoisotopic (exact) mass is 434 g/mol. The summed E-state index contributed by atoms with van der Waals surface area (Å²) in [7, 11) is -4.17. The van der Waals surface area contributed by atoms with Gasteiger partial charge >= 0.3 is 0 Å². The van der Waals surface area contributed by atoms with E-state index in [9.17, 15) is 22.0 Å². The van der Waals surface area contributed by atoms with E-state index in [2.05, 4.69) is 10.3 Å². The topological polar surface area (TPSA) is 84.3 Å². The molecule has 0 aliphatic carbocycles. The summed E-state index contributed by atoms with van der Waals surface area (Å²) in [4.78, 5) is 16.2. The van der Waals surface area contributed by atoms with Gasteiger partial charge in [0.2, 0.25) is 5.91 Å². The molecule has 0 aliphatic rings. The predicted octanol–water partition coefficient (Wildman–Crippen LogP) is 2.56. The van der Waals surface area contributed by atoms with Crippen molar-refractivity contribution in [2.45, 2.75) is 17.9 Å². The number of halogens is 2. The molecule has 0 atom stereocenters. The first-order valence-corrected chi connectivity index (χ1v) is 10.6. The zero-order valence-electron chi connectivity index (χ0n) is 15.9. The first-order chi connectivity index (χ1) is 14.4. The minimum absolute atomic E-state index is 0.120. The molecule has 7 nitrogen and oxygen atoms in total. The van der Waals surface area contributed by atoms with Crippen LogP contribution in [-0.4, -0.2) is 37.0 Å². The number of imidazole rings is 1. The van der Waals surface area contributed by atoms with Crippen LogP contribution >= 0.6 is 0 Å². The molecule has 158 valence electrons. The Morgan fingerprint density at radius 2 is 1.67 bits per heavy atom. The maximum atomic E-state index is 13.3. The summed E-state index contributed by atoms with van der Waals surface area (Å²) in [6, 6.07) is 9.01. The van der Waals surface area contributed by atoms with Gasteiger partial charge in [0.25, 0.3) is 10.0 Å². The fourth-order valence-corrected chi connectivity index (χ4v) is 4.17. The maximum absolute atomic E-state index is 13.3. The van der Waals surface area contributed by atoms with Crippen LogP contribution in [0.1, 0.15) is 6.42 Å². The van der Waals surface area contributed by atoms with Gasteiger partial charge < -0.3 is 9.88 Å². The van der Waals surface area contributed by atoms with Crippen molar-refractivity contribution in [2.24, 2.45) is 0 Å². The molecule has 3 rings (SSSR count). The van der Waals surface area contributed by atoms with Crippen LogP contribution in [0.4, 0.5) is 14.5 Å². The lowest BCUT2D eigenvalue weighted by Crippen LogP contribution is -2.41. The Hall–Kier alpha value is -3.27. The van der Waals surface area contributed by atoms with Crippen molar-refractivity contribution in [3.05, 3.63) is 78.9 Å². The molecule has 1 N–H and O–H groups in total. The quantitative estimate of drug-likeness (QED) is 0.525.